The van der Waals surface area contributed by atoms with Crippen LogP contribution in [0, 0.1) is 0 Å². The Morgan fingerprint density at radius 2 is 2.04 bits per heavy atom. The van der Waals surface area contributed by atoms with Gasteiger partial charge in [0.15, 0.2) is 5.96 Å². The van der Waals surface area contributed by atoms with Crippen molar-refractivity contribution in [3.63, 3.8) is 0 Å². The summed E-state index contributed by atoms with van der Waals surface area (Å²) in [6, 6.07) is 6.17. The predicted octanol–water partition coefficient (Wildman–Crippen LogP) is 0.506. The minimum absolute atomic E-state index is 0.148. The van der Waals surface area contributed by atoms with E-state index in [1.807, 2.05) is 6.92 Å². The van der Waals surface area contributed by atoms with Crippen LogP contribution in [0.25, 0.3) is 0 Å². The molecule has 0 unspecified atom stereocenters. The normalized spacial score (nSPS) is 16.3. The molecule has 0 aliphatic carbocycles. The Hall–Kier alpha value is -1.39. The van der Waals surface area contributed by atoms with Crippen molar-refractivity contribution < 1.29 is 13.2 Å². The van der Waals surface area contributed by atoms with Crippen LogP contribution in [-0.4, -0.2) is 78.3 Å². The van der Waals surface area contributed by atoms with Crippen molar-refractivity contribution >= 4 is 27.6 Å². The lowest BCUT2D eigenvalue weighted by atomic mass is 10.4. The Bertz CT molecular complexity index is 708. The highest BCUT2D eigenvalue weighted by molar-refractivity contribution is 7.89. The lowest BCUT2D eigenvalue weighted by Gasteiger charge is -2.26. The van der Waals surface area contributed by atoms with Crippen molar-refractivity contribution in [2.24, 2.45) is 4.99 Å². The molecular weight excluding hydrogens is 390 g/mol. The van der Waals surface area contributed by atoms with Gasteiger partial charge in [-0.25, -0.2) is 13.1 Å². The van der Waals surface area contributed by atoms with Gasteiger partial charge in [-0.15, -0.1) is 0 Å². The van der Waals surface area contributed by atoms with Crippen molar-refractivity contribution in [2.75, 3.05) is 59.0 Å². The fraction of sp³-hybridized carbons (Fsp3) is 0.588. The van der Waals surface area contributed by atoms with E-state index in [4.69, 9.17) is 16.3 Å². The van der Waals surface area contributed by atoms with Crippen LogP contribution in [0.5, 0.6) is 0 Å². The average molecular weight is 418 g/mol. The number of rotatable bonds is 9. The van der Waals surface area contributed by atoms with Gasteiger partial charge < -0.3 is 15.4 Å². The minimum atomic E-state index is -3.59. The fourth-order valence-corrected chi connectivity index (χ4v) is 3.89. The van der Waals surface area contributed by atoms with Gasteiger partial charge in [-0.3, -0.25) is 9.89 Å². The first-order valence-electron chi connectivity index (χ1n) is 9.09. The van der Waals surface area contributed by atoms with E-state index < -0.39 is 10.0 Å². The molecule has 0 atom stereocenters. The first kappa shape index (κ1) is 21.9. The zero-order valence-corrected chi connectivity index (χ0v) is 17.2. The maximum Gasteiger partial charge on any atom is 0.240 e. The summed E-state index contributed by atoms with van der Waals surface area (Å²) in [5, 5.41) is 6.81. The predicted molar refractivity (Wildman–Crippen MR) is 108 cm³/mol. The summed E-state index contributed by atoms with van der Waals surface area (Å²) in [6.07, 6.45) is 0. The number of nitrogens with zero attached hydrogens (tertiary/aromatic N) is 2. The van der Waals surface area contributed by atoms with Crippen LogP contribution in [0.2, 0.25) is 5.02 Å². The number of halogens is 1. The monoisotopic (exact) mass is 417 g/mol. The van der Waals surface area contributed by atoms with Gasteiger partial charge in [0.2, 0.25) is 10.0 Å². The number of hydrogen-bond acceptors (Lipinski definition) is 5. The zero-order chi connectivity index (χ0) is 19.5. The zero-order valence-electron chi connectivity index (χ0n) is 15.6. The maximum atomic E-state index is 12.2. The second-order valence-corrected chi connectivity index (χ2v) is 8.20. The molecule has 8 nitrogen and oxygen atoms in total. The molecule has 0 spiro atoms. The number of nitrogens with one attached hydrogen (secondary N) is 3. The van der Waals surface area contributed by atoms with Gasteiger partial charge in [0, 0.05) is 44.3 Å². The van der Waals surface area contributed by atoms with E-state index in [9.17, 15) is 8.42 Å². The van der Waals surface area contributed by atoms with Crippen molar-refractivity contribution in [3.8, 4) is 0 Å². The molecule has 1 aromatic rings. The molecule has 1 aliphatic rings. The summed E-state index contributed by atoms with van der Waals surface area (Å²) < 4.78 is 32.3. The van der Waals surface area contributed by atoms with Crippen LogP contribution in [0.4, 0.5) is 0 Å². The van der Waals surface area contributed by atoms with E-state index in [-0.39, 0.29) is 11.4 Å². The lowest BCUT2D eigenvalue weighted by Crippen LogP contribution is -2.44. The molecule has 1 saturated heterocycles. The highest BCUT2D eigenvalue weighted by atomic mass is 35.5. The molecule has 27 heavy (non-hydrogen) atoms. The Morgan fingerprint density at radius 1 is 1.26 bits per heavy atom. The number of benzene rings is 1. The second-order valence-electron chi connectivity index (χ2n) is 6.00. The molecule has 1 heterocycles. The van der Waals surface area contributed by atoms with Gasteiger partial charge in [0.05, 0.1) is 24.7 Å². The van der Waals surface area contributed by atoms with Gasteiger partial charge in [-0.05, 0) is 25.1 Å². The SMILES string of the molecule is CCNC(=NCCNS(=O)(=O)c1cccc(Cl)c1)NCCN1CCOCC1. The Balaban J connectivity index is 1.76. The van der Waals surface area contributed by atoms with E-state index in [2.05, 4.69) is 25.2 Å². The maximum absolute atomic E-state index is 12.2. The third-order valence-electron chi connectivity index (χ3n) is 3.95. The first-order chi connectivity index (χ1) is 13.0. The third-order valence-corrected chi connectivity index (χ3v) is 5.64. The highest BCUT2D eigenvalue weighted by Gasteiger charge is 2.13. The average Bonchev–Trinajstić information content (AvgIpc) is 2.66. The number of hydrogen-bond donors (Lipinski definition) is 3. The summed E-state index contributed by atoms with van der Waals surface area (Å²) in [6.45, 7) is 8.37. The van der Waals surface area contributed by atoms with E-state index in [0.717, 1.165) is 45.9 Å². The van der Waals surface area contributed by atoms with Crippen molar-refractivity contribution in [1.82, 2.24) is 20.3 Å². The summed E-state index contributed by atoms with van der Waals surface area (Å²) in [4.78, 5) is 6.89. The van der Waals surface area contributed by atoms with Gasteiger partial charge >= 0.3 is 0 Å². The van der Waals surface area contributed by atoms with Crippen LogP contribution < -0.4 is 15.4 Å². The molecule has 1 fully saturated rings. The number of aliphatic imine (C=N–C) groups is 1. The van der Waals surface area contributed by atoms with Crippen LogP contribution in [0.1, 0.15) is 6.92 Å². The summed E-state index contributed by atoms with van der Waals surface area (Å²) in [5.74, 6) is 0.674. The molecule has 0 radical (unpaired) electrons. The number of guanidine groups is 1. The molecule has 2 rings (SSSR count). The standard InChI is InChI=1S/C17H28ClN5O3S/c1-2-19-17(21-8-9-23-10-12-26-13-11-23)20-6-7-22-27(24,25)16-5-3-4-15(18)14-16/h3-5,14,22H,2,6-13H2,1H3,(H2,19,20,21). The molecular formula is C17H28ClN5O3S. The Kier molecular flexibility index (Phi) is 9.29. The molecule has 3 N–H and O–H groups in total. The molecule has 1 aromatic carbocycles. The smallest absolute Gasteiger partial charge is 0.240 e. The van der Waals surface area contributed by atoms with Gasteiger partial charge in [-0.2, -0.15) is 0 Å². The van der Waals surface area contributed by atoms with Gasteiger partial charge in [0.25, 0.3) is 0 Å². The summed E-state index contributed by atoms with van der Waals surface area (Å²) in [5.41, 5.74) is 0. The fourth-order valence-electron chi connectivity index (χ4n) is 2.56. The van der Waals surface area contributed by atoms with E-state index in [1.165, 1.54) is 12.1 Å². The topological polar surface area (TPSA) is 95.1 Å². The Morgan fingerprint density at radius 3 is 2.74 bits per heavy atom. The second kappa shape index (κ2) is 11.5. The first-order valence-corrected chi connectivity index (χ1v) is 10.9. The molecule has 10 heteroatoms. The summed E-state index contributed by atoms with van der Waals surface area (Å²) in [7, 11) is -3.59. The molecule has 152 valence electrons. The summed E-state index contributed by atoms with van der Waals surface area (Å²) >= 11 is 5.85. The molecule has 1 aliphatic heterocycles. The molecule has 0 bridgehead atoms. The van der Waals surface area contributed by atoms with Gasteiger partial charge in [0.1, 0.15) is 0 Å². The highest BCUT2D eigenvalue weighted by Crippen LogP contribution is 2.14. The number of morpholine rings is 1. The van der Waals surface area contributed by atoms with Crippen LogP contribution in [-0.2, 0) is 14.8 Å². The molecule has 0 saturated carbocycles. The minimum Gasteiger partial charge on any atom is -0.379 e. The van der Waals surface area contributed by atoms with Crippen molar-refractivity contribution in [3.05, 3.63) is 29.3 Å². The van der Waals surface area contributed by atoms with Crippen LogP contribution >= 0.6 is 11.6 Å². The third kappa shape index (κ3) is 8.02. The van der Waals surface area contributed by atoms with E-state index >= 15 is 0 Å². The van der Waals surface area contributed by atoms with Crippen LogP contribution in [0.15, 0.2) is 34.2 Å². The van der Waals surface area contributed by atoms with E-state index in [1.54, 1.807) is 12.1 Å². The Labute approximate surface area is 166 Å². The number of ether oxygens (including phenoxy) is 1. The van der Waals surface area contributed by atoms with Crippen LogP contribution in [0.3, 0.4) is 0 Å². The number of sulfonamides is 1. The van der Waals surface area contributed by atoms with Crippen molar-refractivity contribution in [1.29, 1.82) is 0 Å². The lowest BCUT2D eigenvalue weighted by molar-refractivity contribution is 0.0389. The van der Waals surface area contributed by atoms with E-state index in [0.29, 0.717) is 17.5 Å². The molecule has 0 amide bonds. The quantitative estimate of drug-likeness (QED) is 0.308. The largest absolute Gasteiger partial charge is 0.379 e. The van der Waals surface area contributed by atoms with Gasteiger partial charge in [-0.1, -0.05) is 17.7 Å². The molecule has 0 aromatic heterocycles. The van der Waals surface area contributed by atoms with Crippen molar-refractivity contribution in [2.45, 2.75) is 11.8 Å².